The van der Waals surface area contributed by atoms with Crippen LogP contribution in [0.25, 0.3) is 0 Å². The van der Waals surface area contributed by atoms with E-state index in [1.807, 2.05) is 31.1 Å². The van der Waals surface area contributed by atoms with Gasteiger partial charge in [0.15, 0.2) is 0 Å². The van der Waals surface area contributed by atoms with E-state index in [0.29, 0.717) is 16.4 Å². The number of nitrogens with two attached hydrogens (primary N) is 1. The number of anilines is 4. The average Bonchev–Trinajstić information content (AvgIpc) is 3.53. The number of thioether (sulfide) groups is 2. The number of aromatic amines is 1. The number of hydrogen-bond donors (Lipinski definition) is 5. The Balaban J connectivity index is 0.00000541. The molecule has 2 aliphatic heterocycles. The Hall–Kier alpha value is -5.09. The maximum atomic E-state index is 14.1. The number of urea groups is 1. The summed E-state index contributed by atoms with van der Waals surface area (Å²) in [7, 11) is 5.42. The minimum atomic E-state index is -1.63. The summed E-state index contributed by atoms with van der Waals surface area (Å²) in [5, 5.41) is 38.6. The molecule has 0 saturated carbocycles. The Morgan fingerprint density at radius 1 is 1.15 bits per heavy atom. The molecule has 2 aromatic heterocycles. The van der Waals surface area contributed by atoms with Crippen molar-refractivity contribution in [1.82, 2.24) is 40.4 Å². The number of carbonyl (C=O) groups excluding carboxylic acids is 4. The second-order valence-electron chi connectivity index (χ2n) is 11.7. The van der Waals surface area contributed by atoms with Gasteiger partial charge < -0.3 is 36.3 Å². The Morgan fingerprint density at radius 3 is 2.43 bits per heavy atom. The van der Waals surface area contributed by atoms with Crippen molar-refractivity contribution in [2.45, 2.75) is 22.6 Å². The maximum Gasteiger partial charge on any atom is 1.00 e. The molecule has 22 heteroatoms. The minimum absolute atomic E-state index is 0. The SMILES string of the molecule is CN(C)c1ccc(Nc2ncc(N(C(N)=O)C(C(=O)NC3C(=O)N4C(C(=O)[O-])=C(CSc5nnnn5C)CS[C@@H]34)c3ccc(O)cc3)c(=O)[nH]2)cc1.[Na+]. The van der Waals surface area contributed by atoms with Crippen molar-refractivity contribution < 1.29 is 58.9 Å². The van der Waals surface area contributed by atoms with Gasteiger partial charge in [-0.15, -0.1) is 16.9 Å². The molecule has 1 saturated heterocycles. The Labute approximate surface area is 331 Å². The Morgan fingerprint density at radius 2 is 1.85 bits per heavy atom. The molecule has 6 rings (SSSR count). The number of tetrazole rings is 1. The van der Waals surface area contributed by atoms with Crippen molar-refractivity contribution in [2.24, 2.45) is 12.8 Å². The number of aromatic nitrogens is 6. The number of carboxylic acid groups (broad SMARTS) is 1. The number of primary amides is 1. The molecule has 3 atom stereocenters. The molecule has 2 aliphatic rings. The van der Waals surface area contributed by atoms with Crippen LogP contribution in [0.4, 0.5) is 27.8 Å². The van der Waals surface area contributed by atoms with E-state index < -0.39 is 46.8 Å². The number of fused-ring (bicyclic) bond motifs is 1. The van der Waals surface area contributed by atoms with Gasteiger partial charge in [0.25, 0.3) is 11.5 Å². The third-order valence-corrected chi connectivity index (χ3v) is 10.6. The van der Waals surface area contributed by atoms with Gasteiger partial charge in [-0.25, -0.2) is 14.5 Å². The zero-order valence-electron chi connectivity index (χ0n) is 28.7. The van der Waals surface area contributed by atoms with E-state index in [0.717, 1.165) is 21.7 Å². The van der Waals surface area contributed by atoms with Crippen molar-refractivity contribution in [3.8, 4) is 5.75 Å². The van der Waals surface area contributed by atoms with Crippen molar-refractivity contribution >= 4 is 70.3 Å². The summed E-state index contributed by atoms with van der Waals surface area (Å²) < 4.78 is 1.42. The third kappa shape index (κ3) is 8.13. The van der Waals surface area contributed by atoms with Crippen LogP contribution in [0.2, 0.25) is 0 Å². The van der Waals surface area contributed by atoms with Crippen LogP contribution < -0.4 is 66.4 Å². The number of H-pyrrole nitrogens is 1. The number of aromatic hydroxyl groups is 1. The zero-order valence-corrected chi connectivity index (χ0v) is 32.3. The number of aliphatic carboxylic acids is 1. The standard InChI is InChI=1S/C31H32N12O7S2.Na/c1-40(2)18-8-6-17(7-9-18)34-30-33-12-20(24(45)36-30)42(29(32)50)22(15-4-10-19(44)11-5-15)25(46)35-21-26(47)43-23(28(48)49)16(13-51-27(21)43)14-52-31-37-38-39-41(31)3;/h4-12,21-22,27,44H,13-14H2,1-3H3,(H2,32,50)(H,35,46)(H,48,49)(H2,33,34,36,45);/q;+1/p-1/t21?,22?,27-;/m0./s1. The largest absolute Gasteiger partial charge is 1.00 e. The predicted molar refractivity (Wildman–Crippen MR) is 188 cm³/mol. The molecule has 4 amide bonds. The van der Waals surface area contributed by atoms with E-state index in [4.69, 9.17) is 5.73 Å². The van der Waals surface area contributed by atoms with E-state index in [2.05, 4.69) is 36.1 Å². The molecule has 0 radical (unpaired) electrons. The van der Waals surface area contributed by atoms with Crippen LogP contribution in [0.1, 0.15) is 11.6 Å². The van der Waals surface area contributed by atoms with Gasteiger partial charge in [0, 0.05) is 44.0 Å². The smallest absolute Gasteiger partial charge is 0.543 e. The van der Waals surface area contributed by atoms with Crippen LogP contribution in [0.5, 0.6) is 5.75 Å². The Bertz CT molecular complexity index is 2130. The molecule has 0 spiro atoms. The fourth-order valence-electron chi connectivity index (χ4n) is 5.57. The number of benzene rings is 2. The summed E-state index contributed by atoms with van der Waals surface area (Å²) in [6.07, 6.45) is 1.07. The topological polar surface area (TPSA) is 261 Å². The zero-order chi connectivity index (χ0) is 37.3. The number of amides is 4. The number of phenolic OH excluding ortho intramolecular Hbond substituents is 1. The monoisotopic (exact) mass is 770 g/mol. The molecule has 2 aromatic carbocycles. The summed E-state index contributed by atoms with van der Waals surface area (Å²) >= 11 is 2.40. The van der Waals surface area contributed by atoms with E-state index in [-0.39, 0.29) is 69.7 Å². The van der Waals surface area contributed by atoms with Crippen LogP contribution in [0, 0.1) is 0 Å². The Kier molecular flexibility index (Phi) is 12.0. The van der Waals surface area contributed by atoms with Gasteiger partial charge >= 0.3 is 35.6 Å². The second-order valence-corrected chi connectivity index (χ2v) is 13.8. The number of hydrogen-bond acceptors (Lipinski definition) is 15. The van der Waals surface area contributed by atoms with Gasteiger partial charge in [0.2, 0.25) is 17.0 Å². The van der Waals surface area contributed by atoms with Gasteiger partial charge in [-0.05, 0) is 58.0 Å². The second kappa shape index (κ2) is 16.3. The summed E-state index contributed by atoms with van der Waals surface area (Å²) in [4.78, 5) is 76.7. The molecular weight excluding hydrogens is 740 g/mol. The molecule has 19 nitrogen and oxygen atoms in total. The summed E-state index contributed by atoms with van der Waals surface area (Å²) in [5.41, 5.74) is 6.36. The predicted octanol–water partition coefficient (Wildman–Crippen LogP) is -3.36. The molecule has 4 heterocycles. The molecular formula is C31H31N12NaO7S2. The fraction of sp³-hybridized carbons (Fsp3) is 0.258. The number of carboxylic acids is 1. The van der Waals surface area contributed by atoms with Crippen LogP contribution >= 0.6 is 23.5 Å². The summed E-state index contributed by atoms with van der Waals surface area (Å²) in [6, 6.07) is 8.48. The van der Waals surface area contributed by atoms with Crippen LogP contribution in [0.15, 0.2) is 75.9 Å². The number of rotatable bonds is 12. The first-order valence-electron chi connectivity index (χ1n) is 15.4. The number of nitrogens with one attached hydrogen (secondary N) is 3. The first-order chi connectivity index (χ1) is 24.8. The molecule has 4 aromatic rings. The first-order valence-corrected chi connectivity index (χ1v) is 17.4. The van der Waals surface area contributed by atoms with Crippen LogP contribution in [0.3, 0.4) is 0 Å². The number of phenols is 1. The quantitative estimate of drug-likeness (QED) is 0.0535. The molecule has 2 unspecified atom stereocenters. The van der Waals surface area contributed by atoms with E-state index in [1.165, 1.54) is 52.5 Å². The molecule has 1 fully saturated rings. The van der Waals surface area contributed by atoms with Gasteiger partial charge in [-0.3, -0.25) is 29.2 Å². The minimum Gasteiger partial charge on any atom is -0.543 e. The number of nitrogens with zero attached hydrogens (tertiary/aromatic N) is 8. The summed E-state index contributed by atoms with van der Waals surface area (Å²) in [6.45, 7) is 0. The summed E-state index contributed by atoms with van der Waals surface area (Å²) in [5.74, 6) is -2.95. The average molecular weight is 771 g/mol. The van der Waals surface area contributed by atoms with Crippen molar-refractivity contribution in [3.63, 3.8) is 0 Å². The molecule has 0 bridgehead atoms. The van der Waals surface area contributed by atoms with Gasteiger partial charge in [-0.1, -0.05) is 23.9 Å². The molecule has 53 heavy (non-hydrogen) atoms. The number of β-lactam (4-membered cyclic amide) rings is 1. The van der Waals surface area contributed by atoms with E-state index in [1.54, 1.807) is 19.2 Å². The van der Waals surface area contributed by atoms with Gasteiger partial charge in [0.1, 0.15) is 28.9 Å². The van der Waals surface area contributed by atoms with Gasteiger partial charge in [-0.2, -0.15) is 0 Å². The molecule has 270 valence electrons. The van der Waals surface area contributed by atoms with Gasteiger partial charge in [0.05, 0.1) is 17.9 Å². The van der Waals surface area contributed by atoms with Crippen LogP contribution in [-0.4, -0.2) is 101 Å². The van der Waals surface area contributed by atoms with Crippen molar-refractivity contribution in [2.75, 3.05) is 40.7 Å². The number of aryl methyl sites for hydroxylation is 1. The van der Waals surface area contributed by atoms with E-state index >= 15 is 0 Å². The maximum absolute atomic E-state index is 14.1. The van der Waals surface area contributed by atoms with Crippen molar-refractivity contribution in [3.05, 3.63) is 81.9 Å². The molecule has 0 aliphatic carbocycles. The molecule has 6 N–H and O–H groups in total. The third-order valence-electron chi connectivity index (χ3n) is 8.13. The first kappa shape index (κ1) is 39.1. The van der Waals surface area contributed by atoms with Crippen LogP contribution in [-0.2, 0) is 21.4 Å². The van der Waals surface area contributed by atoms with Crippen molar-refractivity contribution in [1.29, 1.82) is 0 Å². The number of carbonyl (C=O) groups is 4. The normalized spacial score (nSPS) is 16.8. The van der Waals surface area contributed by atoms with E-state index in [9.17, 15) is 34.2 Å². The fourth-order valence-corrected chi connectivity index (χ4v) is 7.91.